The molecule has 0 bridgehead atoms. The molecule has 2 rings (SSSR count). The zero-order valence-electron chi connectivity index (χ0n) is 12.7. The fraction of sp³-hybridized carbons (Fsp3) is 0.688. The van der Waals surface area contributed by atoms with Gasteiger partial charge in [0.05, 0.1) is 19.6 Å². The van der Waals surface area contributed by atoms with E-state index in [9.17, 15) is 9.90 Å². The first-order valence-corrected chi connectivity index (χ1v) is 8.61. The van der Waals surface area contributed by atoms with E-state index < -0.39 is 6.10 Å². The Morgan fingerprint density at radius 3 is 3.10 bits per heavy atom. The van der Waals surface area contributed by atoms with E-state index in [1.807, 2.05) is 17.5 Å². The van der Waals surface area contributed by atoms with Gasteiger partial charge in [-0.25, -0.2) is 0 Å². The highest BCUT2D eigenvalue weighted by Crippen LogP contribution is 2.28. The first kappa shape index (κ1) is 16.5. The summed E-state index contributed by atoms with van der Waals surface area (Å²) in [6.45, 7) is 1.74. The lowest BCUT2D eigenvalue weighted by Gasteiger charge is -2.31. The Kier molecular flexibility index (Phi) is 6.67. The summed E-state index contributed by atoms with van der Waals surface area (Å²) in [5.41, 5.74) is 0. The molecule has 1 N–H and O–H groups in total. The molecule has 118 valence electrons. The van der Waals surface area contributed by atoms with E-state index in [1.54, 1.807) is 11.3 Å². The van der Waals surface area contributed by atoms with Gasteiger partial charge in [-0.15, -0.1) is 11.3 Å². The minimum absolute atomic E-state index is 0.156. The third kappa shape index (κ3) is 5.09. The molecule has 4 nitrogen and oxygen atoms in total. The first-order valence-electron chi connectivity index (χ1n) is 7.73. The Bertz CT molecular complexity index is 421. The van der Waals surface area contributed by atoms with Crippen molar-refractivity contribution in [1.29, 1.82) is 0 Å². The molecule has 2 atom stereocenters. The average molecular weight is 311 g/mol. The number of aliphatic hydroxyl groups is 1. The summed E-state index contributed by atoms with van der Waals surface area (Å²) in [4.78, 5) is 14.8. The fourth-order valence-electron chi connectivity index (χ4n) is 2.99. The van der Waals surface area contributed by atoms with Crippen LogP contribution in [0.4, 0.5) is 0 Å². The molecule has 21 heavy (non-hydrogen) atoms. The number of aliphatic hydroxyl groups excluding tert-OH is 1. The maximum atomic E-state index is 11.4. The van der Waals surface area contributed by atoms with E-state index in [4.69, 9.17) is 4.74 Å². The van der Waals surface area contributed by atoms with Crippen molar-refractivity contribution >= 4 is 17.3 Å². The van der Waals surface area contributed by atoms with E-state index in [1.165, 1.54) is 26.4 Å². The summed E-state index contributed by atoms with van der Waals surface area (Å²) in [6, 6.07) is 4.32. The van der Waals surface area contributed by atoms with Gasteiger partial charge in [0.25, 0.3) is 0 Å². The van der Waals surface area contributed by atoms with Gasteiger partial charge in [-0.1, -0.05) is 18.9 Å². The van der Waals surface area contributed by atoms with Crippen LogP contribution in [0.1, 0.15) is 49.5 Å². The second kappa shape index (κ2) is 8.51. The van der Waals surface area contributed by atoms with Crippen molar-refractivity contribution in [3.8, 4) is 0 Å². The largest absolute Gasteiger partial charge is 0.469 e. The van der Waals surface area contributed by atoms with E-state index in [2.05, 4.69) is 4.90 Å². The quantitative estimate of drug-likeness (QED) is 0.821. The molecule has 0 aliphatic carbocycles. The molecular weight excluding hydrogens is 286 g/mol. The second-order valence-corrected chi connectivity index (χ2v) is 6.61. The van der Waals surface area contributed by atoms with Crippen molar-refractivity contribution in [3.05, 3.63) is 22.4 Å². The molecule has 0 saturated carbocycles. The van der Waals surface area contributed by atoms with Crippen LogP contribution in [0.2, 0.25) is 0 Å². The molecule has 2 unspecified atom stereocenters. The van der Waals surface area contributed by atoms with Gasteiger partial charge in [-0.05, 0) is 37.3 Å². The summed E-state index contributed by atoms with van der Waals surface area (Å²) in [6.07, 6.45) is 5.51. The Labute approximate surface area is 130 Å². The number of hydrogen-bond donors (Lipinski definition) is 1. The Morgan fingerprint density at radius 1 is 1.52 bits per heavy atom. The maximum absolute atomic E-state index is 11.4. The van der Waals surface area contributed by atoms with Crippen LogP contribution in [0.5, 0.6) is 0 Å². The number of rotatable bonds is 6. The molecule has 2 heterocycles. The molecule has 1 saturated heterocycles. The highest BCUT2D eigenvalue weighted by molar-refractivity contribution is 7.10. The summed E-state index contributed by atoms with van der Waals surface area (Å²) < 4.78 is 4.73. The fourth-order valence-corrected chi connectivity index (χ4v) is 3.71. The third-order valence-corrected chi connectivity index (χ3v) is 5.17. The number of carbonyl (C=O) groups is 1. The van der Waals surface area contributed by atoms with Crippen molar-refractivity contribution in [2.24, 2.45) is 0 Å². The lowest BCUT2D eigenvalue weighted by molar-refractivity contribution is -0.141. The lowest BCUT2D eigenvalue weighted by Crippen LogP contribution is -2.37. The molecular formula is C16H25NO3S. The van der Waals surface area contributed by atoms with Gasteiger partial charge < -0.3 is 9.84 Å². The van der Waals surface area contributed by atoms with Gasteiger partial charge in [0, 0.05) is 17.5 Å². The topological polar surface area (TPSA) is 49.8 Å². The van der Waals surface area contributed by atoms with Crippen LogP contribution in [0.3, 0.4) is 0 Å². The normalized spacial score (nSPS) is 21.7. The monoisotopic (exact) mass is 311 g/mol. The van der Waals surface area contributed by atoms with Gasteiger partial charge in [0.15, 0.2) is 0 Å². The van der Waals surface area contributed by atoms with Crippen LogP contribution >= 0.6 is 11.3 Å². The molecule has 5 heteroatoms. The highest BCUT2D eigenvalue weighted by atomic mass is 32.1. The predicted octanol–water partition coefficient (Wildman–Crippen LogP) is 2.98. The smallest absolute Gasteiger partial charge is 0.306 e. The van der Waals surface area contributed by atoms with E-state index in [-0.39, 0.29) is 5.97 Å². The van der Waals surface area contributed by atoms with Crippen molar-refractivity contribution < 1.29 is 14.6 Å². The van der Waals surface area contributed by atoms with Gasteiger partial charge >= 0.3 is 5.97 Å². The summed E-state index contributed by atoms with van der Waals surface area (Å²) >= 11 is 1.61. The number of ether oxygens (including phenoxy) is 1. The van der Waals surface area contributed by atoms with Crippen LogP contribution in [-0.2, 0) is 9.53 Å². The summed E-state index contributed by atoms with van der Waals surface area (Å²) in [7, 11) is 1.43. The van der Waals surface area contributed by atoms with Gasteiger partial charge in [-0.3, -0.25) is 9.69 Å². The first-order chi connectivity index (χ1) is 10.2. The zero-order chi connectivity index (χ0) is 15.1. The number of esters is 1. The predicted molar refractivity (Wildman–Crippen MR) is 84.4 cm³/mol. The van der Waals surface area contributed by atoms with Gasteiger partial charge in [0.2, 0.25) is 0 Å². The molecule has 1 fully saturated rings. The van der Waals surface area contributed by atoms with Crippen LogP contribution in [0, 0.1) is 0 Å². The minimum atomic E-state index is -0.395. The lowest BCUT2D eigenvalue weighted by atomic mass is 10.0. The molecule has 0 spiro atoms. The Hall–Kier alpha value is -0.910. The summed E-state index contributed by atoms with van der Waals surface area (Å²) in [5, 5.41) is 12.4. The molecule has 1 aromatic rings. The third-order valence-electron chi connectivity index (χ3n) is 4.20. The Morgan fingerprint density at radius 2 is 2.38 bits per heavy atom. The average Bonchev–Trinajstić information content (AvgIpc) is 2.94. The maximum Gasteiger partial charge on any atom is 0.306 e. The summed E-state index contributed by atoms with van der Waals surface area (Å²) in [5.74, 6) is -0.156. The number of likely N-dealkylation sites (tertiary alicyclic amines) is 1. The van der Waals surface area contributed by atoms with Crippen molar-refractivity contribution in [2.75, 3.05) is 20.2 Å². The van der Waals surface area contributed by atoms with Crippen LogP contribution in [0.15, 0.2) is 17.5 Å². The SMILES string of the molecule is COC(=O)CCN1CCCCCC1CC(O)c1cccs1. The molecule has 1 aliphatic rings. The van der Waals surface area contributed by atoms with Crippen molar-refractivity contribution in [3.63, 3.8) is 0 Å². The van der Waals surface area contributed by atoms with E-state index in [0.717, 1.165) is 30.8 Å². The van der Waals surface area contributed by atoms with Crippen LogP contribution < -0.4 is 0 Å². The van der Waals surface area contributed by atoms with Gasteiger partial charge in [-0.2, -0.15) is 0 Å². The van der Waals surface area contributed by atoms with E-state index >= 15 is 0 Å². The number of nitrogens with zero attached hydrogens (tertiary/aromatic N) is 1. The number of carbonyl (C=O) groups excluding carboxylic acids is 1. The van der Waals surface area contributed by atoms with Gasteiger partial charge in [0.1, 0.15) is 0 Å². The van der Waals surface area contributed by atoms with Crippen LogP contribution in [0.25, 0.3) is 0 Å². The Balaban J connectivity index is 1.93. The molecule has 0 radical (unpaired) electrons. The molecule has 1 aliphatic heterocycles. The number of thiophene rings is 1. The standard InChI is InChI=1S/C16H25NO3S/c1-20-16(19)8-10-17-9-4-2-3-6-13(17)12-14(18)15-7-5-11-21-15/h5,7,11,13-14,18H,2-4,6,8-10,12H2,1H3. The molecule has 0 amide bonds. The van der Waals surface area contributed by atoms with Crippen molar-refractivity contribution in [1.82, 2.24) is 4.90 Å². The highest BCUT2D eigenvalue weighted by Gasteiger charge is 2.25. The molecule has 1 aromatic heterocycles. The van der Waals surface area contributed by atoms with Crippen LogP contribution in [-0.4, -0.2) is 42.2 Å². The van der Waals surface area contributed by atoms with Crippen molar-refractivity contribution in [2.45, 2.75) is 50.7 Å². The molecule has 0 aromatic carbocycles. The number of hydrogen-bond acceptors (Lipinski definition) is 5. The zero-order valence-corrected chi connectivity index (χ0v) is 13.5. The minimum Gasteiger partial charge on any atom is -0.469 e. The van der Waals surface area contributed by atoms with E-state index in [0.29, 0.717) is 12.5 Å². The number of methoxy groups -OCH3 is 1. The second-order valence-electron chi connectivity index (χ2n) is 5.63.